The summed E-state index contributed by atoms with van der Waals surface area (Å²) in [5.74, 6) is 1.82. The first-order valence-electron chi connectivity index (χ1n) is 19.0. The van der Waals surface area contributed by atoms with Crippen LogP contribution in [0.1, 0.15) is 0 Å². The summed E-state index contributed by atoms with van der Waals surface area (Å²) in [6, 6.07) is 63.6. The van der Waals surface area contributed by atoms with Gasteiger partial charge in [0.05, 0.1) is 11.0 Å². The van der Waals surface area contributed by atoms with E-state index in [1.165, 1.54) is 42.1 Å². The zero-order valence-corrected chi connectivity index (χ0v) is 31.2. The van der Waals surface area contributed by atoms with Gasteiger partial charge >= 0.3 is 0 Å². The van der Waals surface area contributed by atoms with Gasteiger partial charge in [-0.2, -0.15) is 9.97 Å². The molecule has 0 saturated heterocycles. The van der Waals surface area contributed by atoms with E-state index in [2.05, 4.69) is 156 Å². The fourth-order valence-corrected chi connectivity index (χ4v) is 9.69. The Morgan fingerprint density at radius 2 is 1.05 bits per heavy atom. The summed E-state index contributed by atoms with van der Waals surface area (Å²) in [5, 5.41) is 7.18. The van der Waals surface area contributed by atoms with Crippen molar-refractivity contribution in [1.29, 1.82) is 0 Å². The number of furan rings is 1. The maximum absolute atomic E-state index is 6.44. The van der Waals surface area contributed by atoms with Crippen LogP contribution in [0.15, 0.2) is 186 Å². The minimum atomic E-state index is 0.583. The number of aromatic nitrogens is 4. The molecule has 6 heteroatoms. The third kappa shape index (κ3) is 5.04. The minimum Gasteiger partial charge on any atom is -0.456 e. The molecule has 0 aliphatic carbocycles. The van der Waals surface area contributed by atoms with Crippen molar-refractivity contribution in [2.24, 2.45) is 0 Å². The molecule has 0 amide bonds. The van der Waals surface area contributed by atoms with Gasteiger partial charge in [0.2, 0.25) is 5.95 Å². The Morgan fingerprint density at radius 3 is 1.86 bits per heavy atom. The van der Waals surface area contributed by atoms with E-state index in [0.29, 0.717) is 17.6 Å². The number of rotatable bonds is 5. The Morgan fingerprint density at radius 1 is 0.404 bits per heavy atom. The molecule has 5 nitrogen and oxygen atoms in total. The van der Waals surface area contributed by atoms with E-state index >= 15 is 0 Å². The predicted molar refractivity (Wildman–Crippen MR) is 236 cm³/mol. The SMILES string of the molecule is c1ccc(-c2nc(-c3ccc(-c4ccc5c(c4)oc4cccc(-c6ccccc6)c45)cc3)nc(-n3c4ccccc4c4c5sc6ccccc6c5ccc43)n2)cc1. The highest BCUT2D eigenvalue weighted by atomic mass is 32.1. The highest BCUT2D eigenvalue weighted by molar-refractivity contribution is 7.26. The zero-order chi connectivity index (χ0) is 37.5. The number of hydrogen-bond donors (Lipinski definition) is 0. The molecule has 4 heterocycles. The highest BCUT2D eigenvalue weighted by Crippen LogP contribution is 2.43. The van der Waals surface area contributed by atoms with Crippen LogP contribution in [-0.2, 0) is 0 Å². The second kappa shape index (κ2) is 12.6. The van der Waals surface area contributed by atoms with Gasteiger partial charge in [0, 0.05) is 52.8 Å². The van der Waals surface area contributed by atoms with Gasteiger partial charge < -0.3 is 4.42 Å². The van der Waals surface area contributed by atoms with Crippen LogP contribution < -0.4 is 0 Å². The lowest BCUT2D eigenvalue weighted by atomic mass is 9.98. The Kier molecular flexibility index (Phi) is 7.03. The van der Waals surface area contributed by atoms with E-state index in [4.69, 9.17) is 19.4 Å². The van der Waals surface area contributed by atoms with Crippen molar-refractivity contribution in [2.75, 3.05) is 0 Å². The maximum Gasteiger partial charge on any atom is 0.238 e. The summed E-state index contributed by atoms with van der Waals surface area (Å²) >= 11 is 1.84. The number of nitrogens with zero attached hydrogens (tertiary/aromatic N) is 4. The summed E-state index contributed by atoms with van der Waals surface area (Å²) in [7, 11) is 0. The van der Waals surface area contributed by atoms with Crippen molar-refractivity contribution >= 4 is 75.3 Å². The largest absolute Gasteiger partial charge is 0.456 e. The first kappa shape index (κ1) is 31.9. The smallest absolute Gasteiger partial charge is 0.238 e. The highest BCUT2D eigenvalue weighted by Gasteiger charge is 2.21. The number of fused-ring (bicyclic) bond motifs is 10. The van der Waals surface area contributed by atoms with Gasteiger partial charge in [0.25, 0.3) is 0 Å². The van der Waals surface area contributed by atoms with Crippen LogP contribution in [0, 0.1) is 0 Å². The van der Waals surface area contributed by atoms with Crippen molar-refractivity contribution in [2.45, 2.75) is 0 Å². The molecule has 57 heavy (non-hydrogen) atoms. The number of benzene rings is 8. The maximum atomic E-state index is 6.44. The molecular formula is C51H30N4OS. The van der Waals surface area contributed by atoms with Crippen LogP contribution in [0.5, 0.6) is 0 Å². The van der Waals surface area contributed by atoms with Crippen LogP contribution in [0.4, 0.5) is 0 Å². The molecule has 0 atom stereocenters. The Hall–Kier alpha value is -7.41. The third-order valence-electron chi connectivity index (χ3n) is 11.1. The van der Waals surface area contributed by atoms with Crippen LogP contribution in [0.25, 0.3) is 115 Å². The van der Waals surface area contributed by atoms with Gasteiger partial charge in [-0.05, 0) is 58.7 Å². The quantitative estimate of drug-likeness (QED) is 0.176. The number of para-hydroxylation sites is 1. The van der Waals surface area contributed by atoms with E-state index in [1.807, 2.05) is 41.7 Å². The fourth-order valence-electron chi connectivity index (χ4n) is 8.44. The molecule has 12 rings (SSSR count). The van der Waals surface area contributed by atoms with E-state index in [1.54, 1.807) is 0 Å². The lowest BCUT2D eigenvalue weighted by molar-refractivity contribution is 0.669. The van der Waals surface area contributed by atoms with Crippen molar-refractivity contribution in [3.8, 4) is 51.0 Å². The standard InChI is InChI=1S/C51H30N4OS/c1-3-12-32(13-4-1)36-18-11-20-43-46(36)40-27-26-35(30-44(40)56-43)31-22-24-34(25-23-31)50-52-49(33-14-5-2-6-15-33)53-51(54-50)55-41-19-9-7-17-39(41)47-42(55)29-28-38-37-16-8-10-21-45(37)57-48(38)47/h1-30H. The third-order valence-corrected chi connectivity index (χ3v) is 12.3. The van der Waals surface area contributed by atoms with E-state index in [-0.39, 0.29) is 0 Å². The first-order chi connectivity index (χ1) is 28.2. The van der Waals surface area contributed by atoms with E-state index in [0.717, 1.165) is 55.2 Å². The zero-order valence-electron chi connectivity index (χ0n) is 30.4. The molecule has 0 N–H and O–H groups in total. The summed E-state index contributed by atoms with van der Waals surface area (Å²) in [5.41, 5.74) is 10.2. The average Bonchev–Trinajstić information content (AvgIpc) is 3.96. The molecule has 0 unspecified atom stereocenters. The molecule has 0 aliphatic heterocycles. The molecule has 4 aromatic heterocycles. The summed E-state index contributed by atoms with van der Waals surface area (Å²) < 4.78 is 11.2. The van der Waals surface area contributed by atoms with Gasteiger partial charge in [-0.25, -0.2) is 4.98 Å². The van der Waals surface area contributed by atoms with Gasteiger partial charge in [-0.3, -0.25) is 4.57 Å². The lowest BCUT2D eigenvalue weighted by Gasteiger charge is -2.11. The Labute approximate surface area is 330 Å². The molecule has 0 bridgehead atoms. The molecule has 0 radical (unpaired) electrons. The monoisotopic (exact) mass is 746 g/mol. The minimum absolute atomic E-state index is 0.583. The number of thiophene rings is 1. The lowest BCUT2D eigenvalue weighted by Crippen LogP contribution is -2.06. The average molecular weight is 747 g/mol. The van der Waals surface area contributed by atoms with Gasteiger partial charge in [-0.1, -0.05) is 146 Å². The predicted octanol–water partition coefficient (Wildman–Crippen LogP) is 13.9. The molecule has 12 aromatic rings. The normalized spacial score (nSPS) is 11.9. The molecule has 0 aliphatic rings. The molecule has 0 spiro atoms. The molecular weight excluding hydrogens is 717 g/mol. The first-order valence-corrected chi connectivity index (χ1v) is 19.8. The summed E-state index contributed by atoms with van der Waals surface area (Å²) in [4.78, 5) is 15.5. The second-order valence-electron chi connectivity index (χ2n) is 14.4. The van der Waals surface area contributed by atoms with Gasteiger partial charge in [0.1, 0.15) is 11.2 Å². The second-order valence-corrected chi connectivity index (χ2v) is 15.4. The summed E-state index contributed by atoms with van der Waals surface area (Å²) in [6.45, 7) is 0. The molecule has 266 valence electrons. The fraction of sp³-hybridized carbons (Fsp3) is 0. The van der Waals surface area contributed by atoms with Gasteiger partial charge in [-0.15, -0.1) is 11.3 Å². The molecule has 0 saturated carbocycles. The summed E-state index contributed by atoms with van der Waals surface area (Å²) in [6.07, 6.45) is 0. The number of hydrogen-bond acceptors (Lipinski definition) is 5. The van der Waals surface area contributed by atoms with Crippen molar-refractivity contribution in [1.82, 2.24) is 19.5 Å². The Bertz CT molecular complexity index is 3510. The van der Waals surface area contributed by atoms with E-state index in [9.17, 15) is 0 Å². The molecule has 8 aromatic carbocycles. The van der Waals surface area contributed by atoms with Crippen LogP contribution in [0.2, 0.25) is 0 Å². The van der Waals surface area contributed by atoms with Crippen LogP contribution in [0.3, 0.4) is 0 Å². The van der Waals surface area contributed by atoms with Crippen LogP contribution >= 0.6 is 11.3 Å². The van der Waals surface area contributed by atoms with Crippen molar-refractivity contribution < 1.29 is 4.42 Å². The van der Waals surface area contributed by atoms with Crippen molar-refractivity contribution in [3.05, 3.63) is 182 Å². The van der Waals surface area contributed by atoms with Crippen molar-refractivity contribution in [3.63, 3.8) is 0 Å². The van der Waals surface area contributed by atoms with Gasteiger partial charge in [0.15, 0.2) is 11.6 Å². The van der Waals surface area contributed by atoms with Crippen LogP contribution in [-0.4, -0.2) is 19.5 Å². The topological polar surface area (TPSA) is 56.7 Å². The molecule has 0 fully saturated rings. The Balaban J connectivity index is 0.993. The van der Waals surface area contributed by atoms with E-state index < -0.39 is 0 Å².